The minimum absolute atomic E-state index is 0.0188. The number of nitriles is 1. The number of benzene rings is 2. The molecule has 0 spiro atoms. The molecule has 0 N–H and O–H groups in total. The van der Waals surface area contributed by atoms with Crippen molar-refractivity contribution in [2.24, 2.45) is 5.92 Å². The minimum atomic E-state index is -0.919. The average Bonchev–Trinajstić information content (AvgIpc) is 2.84. The van der Waals surface area contributed by atoms with E-state index >= 15 is 8.78 Å². The van der Waals surface area contributed by atoms with Crippen LogP contribution in [-0.4, -0.2) is 0 Å². The fraction of sp³-hybridized carbons (Fsp3) is 0.567. The fourth-order valence-electron chi connectivity index (χ4n) is 6.25. The standard InChI is InChI=1S/C30H35F4N/c1-2-3-4-5-6-7-19-8-10-20(11-9-19)22-15-27(32)29(28(33)16-22)21-12-13-24-23(14-21)17-26(31)25(18-35)30(24)34/h15-17,19-21H,2-14H2,1H3. The second kappa shape index (κ2) is 11.6. The summed E-state index contributed by atoms with van der Waals surface area (Å²) in [6, 6.07) is 5.69. The van der Waals surface area contributed by atoms with Crippen molar-refractivity contribution >= 4 is 0 Å². The lowest BCUT2D eigenvalue weighted by Gasteiger charge is -2.30. The maximum Gasteiger partial charge on any atom is 0.147 e. The van der Waals surface area contributed by atoms with E-state index in [1.807, 2.05) is 0 Å². The number of halogens is 4. The Morgan fingerprint density at radius 3 is 2.17 bits per heavy atom. The van der Waals surface area contributed by atoms with Gasteiger partial charge in [0.05, 0.1) is 0 Å². The predicted octanol–water partition coefficient (Wildman–Crippen LogP) is 9.02. The lowest BCUT2D eigenvalue weighted by Crippen LogP contribution is -2.19. The van der Waals surface area contributed by atoms with Crippen LogP contribution in [0.4, 0.5) is 17.6 Å². The van der Waals surface area contributed by atoms with E-state index in [-0.39, 0.29) is 24.3 Å². The van der Waals surface area contributed by atoms with Gasteiger partial charge in [-0.1, -0.05) is 45.4 Å². The van der Waals surface area contributed by atoms with Crippen molar-refractivity contribution < 1.29 is 17.6 Å². The molecule has 4 rings (SSSR count). The van der Waals surface area contributed by atoms with Crippen molar-refractivity contribution in [3.05, 3.63) is 69.3 Å². The monoisotopic (exact) mass is 485 g/mol. The van der Waals surface area contributed by atoms with Crippen LogP contribution in [-0.2, 0) is 12.8 Å². The molecular weight excluding hydrogens is 450 g/mol. The first-order chi connectivity index (χ1) is 16.9. The van der Waals surface area contributed by atoms with Gasteiger partial charge in [0.25, 0.3) is 0 Å². The second-order valence-corrected chi connectivity index (χ2v) is 10.6. The van der Waals surface area contributed by atoms with Gasteiger partial charge in [0, 0.05) is 5.56 Å². The molecular formula is C30H35F4N. The molecule has 0 heterocycles. The first kappa shape index (κ1) is 25.7. The minimum Gasteiger partial charge on any atom is -0.207 e. The molecule has 35 heavy (non-hydrogen) atoms. The highest BCUT2D eigenvalue weighted by Crippen LogP contribution is 2.41. The van der Waals surface area contributed by atoms with E-state index < -0.39 is 34.8 Å². The first-order valence-electron chi connectivity index (χ1n) is 13.3. The van der Waals surface area contributed by atoms with Gasteiger partial charge in [-0.05, 0) is 97.6 Å². The Labute approximate surface area is 206 Å². The molecule has 2 aromatic carbocycles. The highest BCUT2D eigenvalue weighted by Gasteiger charge is 2.31. The lowest BCUT2D eigenvalue weighted by atomic mass is 9.75. The van der Waals surface area contributed by atoms with E-state index in [0.29, 0.717) is 17.5 Å². The van der Waals surface area contributed by atoms with E-state index in [1.54, 1.807) is 6.07 Å². The quantitative estimate of drug-likeness (QED) is 0.270. The number of unbranched alkanes of at least 4 members (excludes halogenated alkanes) is 4. The average molecular weight is 486 g/mol. The third kappa shape index (κ3) is 5.74. The van der Waals surface area contributed by atoms with Crippen LogP contribution in [0.3, 0.4) is 0 Å². The van der Waals surface area contributed by atoms with Crippen LogP contribution in [0.1, 0.15) is 117 Å². The van der Waals surface area contributed by atoms with Crippen LogP contribution >= 0.6 is 0 Å². The van der Waals surface area contributed by atoms with Crippen molar-refractivity contribution in [2.45, 2.75) is 102 Å². The van der Waals surface area contributed by atoms with Crippen molar-refractivity contribution in [3.63, 3.8) is 0 Å². The Balaban J connectivity index is 1.41. The Hall–Kier alpha value is -2.35. The largest absolute Gasteiger partial charge is 0.207 e. The maximum atomic E-state index is 15.2. The molecule has 1 atom stereocenters. The first-order valence-corrected chi connectivity index (χ1v) is 13.3. The topological polar surface area (TPSA) is 23.8 Å². The van der Waals surface area contributed by atoms with Crippen LogP contribution < -0.4 is 0 Å². The summed E-state index contributed by atoms with van der Waals surface area (Å²) in [5.41, 5.74) is 0.850. The van der Waals surface area contributed by atoms with Crippen LogP contribution in [0.25, 0.3) is 0 Å². The molecule has 1 saturated carbocycles. The van der Waals surface area contributed by atoms with Gasteiger partial charge in [0.1, 0.15) is 34.9 Å². The Morgan fingerprint density at radius 1 is 0.829 bits per heavy atom. The molecule has 2 aliphatic rings. The van der Waals surface area contributed by atoms with E-state index in [9.17, 15) is 8.78 Å². The molecule has 0 aliphatic heterocycles. The van der Waals surface area contributed by atoms with Gasteiger partial charge in [-0.25, -0.2) is 17.6 Å². The molecule has 1 fully saturated rings. The van der Waals surface area contributed by atoms with Gasteiger partial charge < -0.3 is 0 Å². The molecule has 2 aliphatic carbocycles. The molecule has 0 aromatic heterocycles. The van der Waals surface area contributed by atoms with E-state index in [0.717, 1.165) is 43.2 Å². The number of fused-ring (bicyclic) bond motifs is 1. The van der Waals surface area contributed by atoms with Crippen molar-refractivity contribution in [3.8, 4) is 6.07 Å². The third-order valence-electron chi connectivity index (χ3n) is 8.28. The smallest absolute Gasteiger partial charge is 0.147 e. The maximum absolute atomic E-state index is 15.2. The zero-order valence-electron chi connectivity index (χ0n) is 20.6. The van der Waals surface area contributed by atoms with Gasteiger partial charge in [0.15, 0.2) is 0 Å². The highest BCUT2D eigenvalue weighted by atomic mass is 19.1. The van der Waals surface area contributed by atoms with Crippen LogP contribution in [0, 0.1) is 40.5 Å². The molecule has 2 aromatic rings. The number of nitrogens with zero attached hydrogens (tertiary/aromatic N) is 1. The second-order valence-electron chi connectivity index (χ2n) is 10.6. The number of rotatable bonds is 8. The Morgan fingerprint density at radius 2 is 1.51 bits per heavy atom. The summed E-state index contributed by atoms with van der Waals surface area (Å²) >= 11 is 0. The molecule has 0 saturated heterocycles. The van der Waals surface area contributed by atoms with Crippen LogP contribution in [0.2, 0.25) is 0 Å². The van der Waals surface area contributed by atoms with Crippen molar-refractivity contribution in [1.82, 2.24) is 0 Å². The van der Waals surface area contributed by atoms with Gasteiger partial charge in [-0.3, -0.25) is 0 Å². The molecule has 1 unspecified atom stereocenters. The zero-order chi connectivity index (χ0) is 24.9. The number of hydrogen-bond acceptors (Lipinski definition) is 1. The van der Waals surface area contributed by atoms with Crippen LogP contribution in [0.5, 0.6) is 0 Å². The summed E-state index contributed by atoms with van der Waals surface area (Å²) in [5, 5.41) is 8.99. The normalized spacial score (nSPS) is 22.0. The summed E-state index contributed by atoms with van der Waals surface area (Å²) < 4.78 is 59.1. The van der Waals surface area contributed by atoms with Gasteiger partial charge in [0.2, 0.25) is 0 Å². The van der Waals surface area contributed by atoms with Gasteiger partial charge in [-0.15, -0.1) is 0 Å². The molecule has 0 bridgehead atoms. The third-order valence-corrected chi connectivity index (χ3v) is 8.28. The molecule has 0 radical (unpaired) electrons. The van der Waals surface area contributed by atoms with Crippen LogP contribution in [0.15, 0.2) is 18.2 Å². The fourth-order valence-corrected chi connectivity index (χ4v) is 6.25. The van der Waals surface area contributed by atoms with E-state index in [4.69, 9.17) is 5.26 Å². The molecule has 1 nitrogen and oxygen atoms in total. The summed E-state index contributed by atoms with van der Waals surface area (Å²) in [6.07, 6.45) is 12.6. The summed E-state index contributed by atoms with van der Waals surface area (Å²) in [5.74, 6) is -2.43. The SMILES string of the molecule is CCCCCCCC1CCC(c2cc(F)c(C3CCc4c(cc(F)c(C#N)c4F)C3)c(F)c2)CC1. The number of hydrogen-bond donors (Lipinski definition) is 0. The Bertz CT molecular complexity index is 1060. The van der Waals surface area contributed by atoms with E-state index in [1.165, 1.54) is 50.7 Å². The highest BCUT2D eigenvalue weighted by molar-refractivity contribution is 5.44. The Kier molecular flexibility index (Phi) is 8.52. The van der Waals surface area contributed by atoms with Crippen molar-refractivity contribution in [1.29, 1.82) is 5.26 Å². The van der Waals surface area contributed by atoms with E-state index in [2.05, 4.69) is 6.92 Å². The van der Waals surface area contributed by atoms with Crippen molar-refractivity contribution in [2.75, 3.05) is 0 Å². The summed E-state index contributed by atoms with van der Waals surface area (Å²) in [7, 11) is 0. The zero-order valence-corrected chi connectivity index (χ0v) is 20.6. The molecule has 188 valence electrons. The summed E-state index contributed by atoms with van der Waals surface area (Å²) in [6.45, 7) is 2.22. The summed E-state index contributed by atoms with van der Waals surface area (Å²) in [4.78, 5) is 0. The predicted molar refractivity (Wildman–Crippen MR) is 130 cm³/mol. The molecule has 5 heteroatoms. The lowest BCUT2D eigenvalue weighted by molar-refractivity contribution is 0.301. The van der Waals surface area contributed by atoms with Gasteiger partial charge in [-0.2, -0.15) is 5.26 Å². The van der Waals surface area contributed by atoms with Gasteiger partial charge >= 0.3 is 0 Å². The molecule has 0 amide bonds.